The lowest BCUT2D eigenvalue weighted by molar-refractivity contribution is -0.247. The molecule has 17 heavy (non-hydrogen) atoms. The molecule has 3 N–H and O–H groups in total. The molecule has 0 aliphatic carbocycles. The molecule has 1 heterocycles. The molecule has 0 aromatic heterocycles. The van der Waals surface area contributed by atoms with E-state index in [9.17, 15) is 20.1 Å². The van der Waals surface area contributed by atoms with E-state index in [1.54, 1.807) is 20.8 Å². The molecule has 0 bridgehead atoms. The summed E-state index contributed by atoms with van der Waals surface area (Å²) < 4.78 is 9.85. The lowest BCUT2D eigenvalue weighted by Gasteiger charge is -2.44. The summed E-state index contributed by atoms with van der Waals surface area (Å²) in [6, 6.07) is 0. The number of methoxy groups -OCH3 is 1. The van der Waals surface area contributed by atoms with E-state index in [0.29, 0.717) is 0 Å². The second-order valence-electron chi connectivity index (χ2n) is 5.34. The van der Waals surface area contributed by atoms with Crippen molar-refractivity contribution in [2.45, 2.75) is 51.3 Å². The Bertz CT molecular complexity index is 284. The quantitative estimate of drug-likeness (QED) is 0.518. The van der Waals surface area contributed by atoms with Crippen molar-refractivity contribution < 1.29 is 29.6 Å². The number of ether oxygens (including phenoxy) is 2. The molecule has 1 aliphatic rings. The number of hydrogen-bond donors (Lipinski definition) is 3. The summed E-state index contributed by atoms with van der Waals surface area (Å²) in [5, 5.41) is 29.2. The molecule has 1 rings (SSSR count). The average Bonchev–Trinajstić information content (AvgIpc) is 2.23. The van der Waals surface area contributed by atoms with Crippen LogP contribution in [0.25, 0.3) is 0 Å². The molecular weight excluding hydrogens is 228 g/mol. The van der Waals surface area contributed by atoms with Crippen LogP contribution in [0, 0.1) is 5.41 Å². The van der Waals surface area contributed by atoms with Crippen LogP contribution >= 0.6 is 0 Å². The molecule has 6 heteroatoms. The predicted molar refractivity (Wildman–Crippen MR) is 58.2 cm³/mol. The van der Waals surface area contributed by atoms with E-state index in [1.807, 2.05) is 0 Å². The molecule has 3 unspecified atom stereocenters. The highest BCUT2D eigenvalue weighted by molar-refractivity contribution is 5.75. The zero-order valence-corrected chi connectivity index (χ0v) is 10.5. The maximum atomic E-state index is 11.4. The Balaban J connectivity index is 2.94. The van der Waals surface area contributed by atoms with E-state index in [1.165, 1.54) is 7.11 Å². The molecule has 0 radical (unpaired) electrons. The standard InChI is InChI=1S/C11H20O6/c1-11(2,3)9-7(14)5(12)6(13)8(17-9)10(15)16-4/h5-9,12-14H,1-4H3/t5?,6?,7?,8-,9+/m0/s1. The van der Waals surface area contributed by atoms with E-state index in [-0.39, 0.29) is 0 Å². The summed E-state index contributed by atoms with van der Waals surface area (Å²) >= 11 is 0. The largest absolute Gasteiger partial charge is 0.467 e. The van der Waals surface area contributed by atoms with Crippen LogP contribution in [0.2, 0.25) is 0 Å². The van der Waals surface area contributed by atoms with Crippen LogP contribution in [-0.2, 0) is 14.3 Å². The van der Waals surface area contributed by atoms with Gasteiger partial charge in [-0.1, -0.05) is 20.8 Å². The van der Waals surface area contributed by atoms with Gasteiger partial charge in [0.1, 0.15) is 18.3 Å². The van der Waals surface area contributed by atoms with Gasteiger partial charge in [0.05, 0.1) is 13.2 Å². The highest BCUT2D eigenvalue weighted by atomic mass is 16.6. The molecule has 5 atom stereocenters. The van der Waals surface area contributed by atoms with Gasteiger partial charge in [0.25, 0.3) is 0 Å². The lowest BCUT2D eigenvalue weighted by atomic mass is 9.80. The molecule has 1 fully saturated rings. The fourth-order valence-corrected chi connectivity index (χ4v) is 1.91. The van der Waals surface area contributed by atoms with Gasteiger partial charge in [-0.3, -0.25) is 0 Å². The Morgan fingerprint density at radius 3 is 2.06 bits per heavy atom. The smallest absolute Gasteiger partial charge is 0.337 e. The SMILES string of the molecule is COC(=O)[C@H]1O[C@@H](C(C)(C)C)C(O)C(O)C1O. The third-order valence-corrected chi connectivity index (χ3v) is 2.90. The number of esters is 1. The maximum Gasteiger partial charge on any atom is 0.337 e. The number of carbonyl (C=O) groups excluding carboxylic acids is 1. The van der Waals surface area contributed by atoms with Crippen LogP contribution in [0.5, 0.6) is 0 Å². The lowest BCUT2D eigenvalue weighted by Crippen LogP contribution is -2.62. The predicted octanol–water partition coefficient (Wildman–Crippen LogP) is -0.944. The zero-order valence-electron chi connectivity index (χ0n) is 10.5. The fraction of sp³-hybridized carbons (Fsp3) is 0.909. The summed E-state index contributed by atoms with van der Waals surface area (Å²) in [7, 11) is 1.17. The van der Waals surface area contributed by atoms with Crippen molar-refractivity contribution in [3.05, 3.63) is 0 Å². The molecule has 0 saturated carbocycles. The minimum atomic E-state index is -1.49. The van der Waals surface area contributed by atoms with Crippen LogP contribution in [0.15, 0.2) is 0 Å². The van der Waals surface area contributed by atoms with Gasteiger partial charge >= 0.3 is 5.97 Å². The minimum Gasteiger partial charge on any atom is -0.467 e. The van der Waals surface area contributed by atoms with Crippen molar-refractivity contribution in [3.63, 3.8) is 0 Å². The molecule has 0 spiro atoms. The second-order valence-corrected chi connectivity index (χ2v) is 5.34. The molecule has 100 valence electrons. The summed E-state index contributed by atoms with van der Waals surface area (Å²) in [4.78, 5) is 11.4. The Hall–Kier alpha value is -0.690. The Morgan fingerprint density at radius 1 is 1.12 bits per heavy atom. The normalized spacial score (nSPS) is 38.9. The van der Waals surface area contributed by atoms with Crippen molar-refractivity contribution in [2.75, 3.05) is 7.11 Å². The highest BCUT2D eigenvalue weighted by Gasteiger charge is 2.50. The highest BCUT2D eigenvalue weighted by Crippen LogP contribution is 2.33. The molecule has 0 aromatic carbocycles. The Kier molecular flexibility index (Phi) is 4.14. The van der Waals surface area contributed by atoms with E-state index in [0.717, 1.165) is 0 Å². The third-order valence-electron chi connectivity index (χ3n) is 2.90. The summed E-state index contributed by atoms with van der Waals surface area (Å²) in [5.41, 5.74) is -0.479. The first-order chi connectivity index (χ1) is 7.70. The van der Waals surface area contributed by atoms with Crippen molar-refractivity contribution in [3.8, 4) is 0 Å². The van der Waals surface area contributed by atoms with E-state index >= 15 is 0 Å². The van der Waals surface area contributed by atoms with E-state index in [4.69, 9.17) is 4.74 Å². The van der Waals surface area contributed by atoms with Gasteiger partial charge in [-0.15, -0.1) is 0 Å². The first-order valence-electron chi connectivity index (χ1n) is 5.47. The molecule has 1 aliphatic heterocycles. The van der Waals surface area contributed by atoms with Gasteiger partial charge in [-0.25, -0.2) is 4.79 Å². The van der Waals surface area contributed by atoms with Crippen molar-refractivity contribution in [1.29, 1.82) is 0 Å². The van der Waals surface area contributed by atoms with Crippen molar-refractivity contribution in [2.24, 2.45) is 5.41 Å². The van der Waals surface area contributed by atoms with Gasteiger partial charge in [-0.2, -0.15) is 0 Å². The topological polar surface area (TPSA) is 96.2 Å². The van der Waals surface area contributed by atoms with Gasteiger partial charge in [-0.05, 0) is 5.41 Å². The maximum absolute atomic E-state index is 11.4. The summed E-state index contributed by atoms with van der Waals surface area (Å²) in [5.74, 6) is -0.766. The minimum absolute atomic E-state index is 0.479. The number of rotatable bonds is 1. The van der Waals surface area contributed by atoms with Crippen LogP contribution in [-0.4, -0.2) is 58.9 Å². The average molecular weight is 248 g/mol. The first kappa shape index (κ1) is 14.4. The molecule has 0 amide bonds. The van der Waals surface area contributed by atoms with Gasteiger partial charge < -0.3 is 24.8 Å². The summed E-state index contributed by atoms with van der Waals surface area (Å²) in [6.45, 7) is 5.42. The van der Waals surface area contributed by atoms with Gasteiger partial charge in [0.2, 0.25) is 0 Å². The van der Waals surface area contributed by atoms with Crippen LogP contribution < -0.4 is 0 Å². The van der Waals surface area contributed by atoms with Crippen molar-refractivity contribution >= 4 is 5.97 Å². The molecular formula is C11H20O6. The van der Waals surface area contributed by atoms with Crippen LogP contribution in [0.3, 0.4) is 0 Å². The van der Waals surface area contributed by atoms with Crippen LogP contribution in [0.1, 0.15) is 20.8 Å². The number of aliphatic hydroxyl groups is 3. The van der Waals surface area contributed by atoms with E-state index < -0.39 is 41.9 Å². The molecule has 1 saturated heterocycles. The van der Waals surface area contributed by atoms with Crippen molar-refractivity contribution in [1.82, 2.24) is 0 Å². The molecule has 0 aromatic rings. The summed E-state index contributed by atoms with van der Waals surface area (Å²) in [6.07, 6.45) is -6.20. The zero-order chi connectivity index (χ0) is 13.4. The van der Waals surface area contributed by atoms with Crippen LogP contribution in [0.4, 0.5) is 0 Å². The monoisotopic (exact) mass is 248 g/mol. The van der Waals surface area contributed by atoms with E-state index in [2.05, 4.69) is 4.74 Å². The Morgan fingerprint density at radius 2 is 1.65 bits per heavy atom. The van der Waals surface area contributed by atoms with Gasteiger partial charge in [0, 0.05) is 0 Å². The van der Waals surface area contributed by atoms with Gasteiger partial charge in [0.15, 0.2) is 6.10 Å². The Labute approximate surface area is 100 Å². The second kappa shape index (κ2) is 4.89. The number of carbonyl (C=O) groups is 1. The number of aliphatic hydroxyl groups excluding tert-OH is 3. The first-order valence-corrected chi connectivity index (χ1v) is 5.47. The number of hydrogen-bond acceptors (Lipinski definition) is 6. The molecule has 6 nitrogen and oxygen atoms in total. The third kappa shape index (κ3) is 2.77. The fourth-order valence-electron chi connectivity index (χ4n) is 1.91.